The van der Waals surface area contributed by atoms with Crippen LogP contribution in [-0.2, 0) is 0 Å². The van der Waals surface area contributed by atoms with E-state index in [0.717, 1.165) is 0 Å². The Bertz CT molecular complexity index is 161. The van der Waals surface area contributed by atoms with Gasteiger partial charge in [-0.15, -0.1) is 0 Å². The van der Waals surface area contributed by atoms with Crippen molar-refractivity contribution < 1.29 is 87.7 Å². The van der Waals surface area contributed by atoms with Gasteiger partial charge in [0.2, 0.25) is 0 Å². The Balaban J connectivity index is -0.00000001000. The van der Waals surface area contributed by atoms with E-state index < -0.39 is 20.3 Å². The van der Waals surface area contributed by atoms with Gasteiger partial charge in [-0.25, -0.2) is 0 Å². The average Bonchev–Trinajstić information content (AvgIpc) is 1.76. The fraction of sp³-hybridized carbons (Fsp3) is 0. The van der Waals surface area contributed by atoms with Gasteiger partial charge in [0, 0.05) is 0 Å². The van der Waals surface area contributed by atoms with E-state index in [0.29, 0.717) is 0 Å². The smallest absolute Gasteiger partial charge is 0.412 e. The molecule has 0 bridgehead atoms. The molecule has 0 aromatic carbocycles. The van der Waals surface area contributed by atoms with Gasteiger partial charge in [-0.2, -0.15) is 0 Å². The van der Waals surface area contributed by atoms with Gasteiger partial charge in [0.1, 0.15) is 0 Å². The number of hydrogen-bond acceptors (Lipinski definition) is 12. The molecular formula is H10N4O17Th. The largest absolute Gasteiger partial charge is 4.00 e. The molecule has 0 atom stereocenters. The molecule has 0 amide bonds. The van der Waals surface area contributed by atoms with Gasteiger partial charge in [0.15, 0.2) is 0 Å². The molecule has 22 heteroatoms. The summed E-state index contributed by atoms with van der Waals surface area (Å²) >= 11 is 0. The maximum absolute atomic E-state index is 8.25. The molecule has 136 valence electrons. The van der Waals surface area contributed by atoms with Crippen LogP contribution >= 0.6 is 0 Å². The van der Waals surface area contributed by atoms with E-state index >= 15 is 0 Å². The summed E-state index contributed by atoms with van der Waals surface area (Å²) in [4.78, 5) is 33.0. The van der Waals surface area contributed by atoms with Crippen LogP contribution in [0.5, 0.6) is 0 Å². The summed E-state index contributed by atoms with van der Waals surface area (Å²) in [5.74, 6) is 0. The molecule has 0 aromatic heterocycles. The molecule has 0 aliphatic rings. The standard InChI is InChI=1S/4NO3.5H2O.Th/c4*2-1(3)4;;;;;;/h;;;;5*1H2;/q4*-1;;;;;;+4/i;;;;;;;;;1+0. The van der Waals surface area contributed by atoms with Crippen LogP contribution in [0.15, 0.2) is 0 Å². The quantitative estimate of drug-likeness (QED) is 0.195. The maximum Gasteiger partial charge on any atom is 4.00 e. The number of rotatable bonds is 0. The van der Waals surface area contributed by atoms with Crippen molar-refractivity contribution in [3.63, 3.8) is 0 Å². The summed E-state index contributed by atoms with van der Waals surface area (Å²) in [6, 6.07) is 0. The molecule has 0 aliphatic heterocycles. The summed E-state index contributed by atoms with van der Waals surface area (Å²) in [6.07, 6.45) is 0. The van der Waals surface area contributed by atoms with Crippen molar-refractivity contribution in [3.8, 4) is 0 Å². The Morgan fingerprint density at radius 3 is 0.364 bits per heavy atom. The van der Waals surface area contributed by atoms with Gasteiger partial charge in [-0.05, 0) is 0 Å². The fourth-order valence-electron chi connectivity index (χ4n) is 0. The third-order valence-electron chi connectivity index (χ3n) is 0. The summed E-state index contributed by atoms with van der Waals surface area (Å²) < 4.78 is 0. The Hall–Kier alpha value is -2.08. The van der Waals surface area contributed by atoms with Crippen molar-refractivity contribution in [1.82, 2.24) is 0 Å². The number of nitrogens with zero attached hydrogens (tertiary/aromatic N) is 4. The molecule has 0 saturated heterocycles. The first kappa shape index (κ1) is 72.4. The van der Waals surface area contributed by atoms with Crippen LogP contribution in [0.1, 0.15) is 0 Å². The first-order valence-electron chi connectivity index (χ1n) is 2.19. The minimum atomic E-state index is -1.75. The normalized spacial score (nSPS) is 4.36. The molecule has 22 heavy (non-hydrogen) atoms. The van der Waals surface area contributed by atoms with E-state index in [4.69, 9.17) is 61.3 Å². The summed E-state index contributed by atoms with van der Waals surface area (Å²) in [5.41, 5.74) is 0. The zero-order valence-electron chi connectivity index (χ0n) is 9.69. The van der Waals surface area contributed by atoms with E-state index in [1.807, 2.05) is 0 Å². The molecule has 0 radical (unpaired) electrons. The molecule has 0 rings (SSSR count). The average molecular weight is 570 g/mol. The Kier molecular flexibility index (Phi) is 203. The van der Waals surface area contributed by atoms with Crippen molar-refractivity contribution in [2.45, 2.75) is 0 Å². The first-order valence-corrected chi connectivity index (χ1v) is 2.19. The predicted molar refractivity (Wildman–Crippen MR) is 59.5 cm³/mol. The van der Waals surface area contributed by atoms with E-state index in [-0.39, 0.29) is 67.3 Å². The third kappa shape index (κ3) is 1190. The Morgan fingerprint density at radius 2 is 0.364 bits per heavy atom. The molecule has 0 heterocycles. The van der Waals surface area contributed by atoms with Gasteiger partial charge in [-0.1, -0.05) is 0 Å². The minimum Gasteiger partial charge on any atom is -0.412 e. The first-order chi connectivity index (χ1) is 6.93. The Labute approximate surface area is 149 Å². The van der Waals surface area contributed by atoms with Crippen molar-refractivity contribution in [2.75, 3.05) is 0 Å². The molecule has 0 fully saturated rings. The van der Waals surface area contributed by atoms with Crippen LogP contribution in [0, 0.1) is 101 Å². The Morgan fingerprint density at radius 1 is 0.364 bits per heavy atom. The van der Waals surface area contributed by atoms with Crippen molar-refractivity contribution in [3.05, 3.63) is 61.3 Å². The molecular weight excluding hydrogens is 560 g/mol. The monoisotopic (exact) mass is 570 g/mol. The molecule has 0 saturated carbocycles. The SMILES string of the molecule is O.O.O.O.O.O=[N+]([O-])[O-].O=[N+]([O-])[O-].O=[N+]([O-])[O-].O=[N+]([O-])[O-].[232Th+4]. The van der Waals surface area contributed by atoms with Gasteiger partial charge in [0.05, 0.1) is 20.3 Å². The summed E-state index contributed by atoms with van der Waals surface area (Å²) in [6.45, 7) is 0. The molecule has 0 aromatic rings. The zero-order chi connectivity index (χ0) is 14.3. The molecule has 21 nitrogen and oxygen atoms in total. The van der Waals surface area contributed by atoms with E-state index in [2.05, 4.69) is 0 Å². The second kappa shape index (κ2) is 61.7. The van der Waals surface area contributed by atoms with Crippen LogP contribution in [0.4, 0.5) is 0 Å². The maximum atomic E-state index is 8.25. The van der Waals surface area contributed by atoms with Crippen LogP contribution in [0.25, 0.3) is 0 Å². The van der Waals surface area contributed by atoms with E-state index in [1.54, 1.807) is 0 Å². The van der Waals surface area contributed by atoms with Gasteiger partial charge in [0.25, 0.3) is 0 Å². The van der Waals surface area contributed by atoms with Crippen LogP contribution in [0.3, 0.4) is 0 Å². The third-order valence-corrected chi connectivity index (χ3v) is 0. The van der Waals surface area contributed by atoms with Crippen LogP contribution < -0.4 is 0 Å². The summed E-state index contributed by atoms with van der Waals surface area (Å²) in [5, 5.41) is 59.0. The van der Waals surface area contributed by atoms with E-state index in [9.17, 15) is 0 Å². The van der Waals surface area contributed by atoms with Crippen molar-refractivity contribution >= 4 is 0 Å². The summed E-state index contributed by atoms with van der Waals surface area (Å²) in [7, 11) is 0. The number of hydrogen-bond donors (Lipinski definition) is 0. The van der Waals surface area contributed by atoms with Gasteiger partial charge >= 0.3 is 39.9 Å². The topological polar surface area (TPSA) is 422 Å². The van der Waals surface area contributed by atoms with Crippen LogP contribution in [-0.4, -0.2) is 47.7 Å². The molecule has 0 aliphatic carbocycles. The second-order valence-corrected chi connectivity index (χ2v) is 0.894. The van der Waals surface area contributed by atoms with Gasteiger partial charge in [-0.3, -0.25) is 0 Å². The molecule has 10 N–H and O–H groups in total. The fourth-order valence-corrected chi connectivity index (χ4v) is 0. The van der Waals surface area contributed by atoms with E-state index in [1.165, 1.54) is 0 Å². The molecule has 0 spiro atoms. The van der Waals surface area contributed by atoms with Gasteiger partial charge < -0.3 is 88.7 Å². The minimum absolute atomic E-state index is 0. The zero-order valence-corrected chi connectivity index (χ0v) is 13.8. The molecule has 0 unspecified atom stereocenters. The van der Waals surface area contributed by atoms with Crippen molar-refractivity contribution in [2.24, 2.45) is 0 Å². The predicted octanol–water partition coefficient (Wildman–Crippen LogP) is -5.08. The van der Waals surface area contributed by atoms with Crippen molar-refractivity contribution in [1.29, 1.82) is 0 Å². The second-order valence-electron chi connectivity index (χ2n) is 0.894. The van der Waals surface area contributed by atoms with Crippen LogP contribution in [0.2, 0.25) is 0 Å².